The Morgan fingerprint density at radius 1 is 1.35 bits per heavy atom. The van der Waals surface area contributed by atoms with E-state index in [0.29, 0.717) is 11.4 Å². The van der Waals surface area contributed by atoms with Gasteiger partial charge in [0.15, 0.2) is 0 Å². The van der Waals surface area contributed by atoms with E-state index in [0.717, 1.165) is 5.56 Å². The van der Waals surface area contributed by atoms with E-state index in [1.165, 1.54) is 7.11 Å². The summed E-state index contributed by atoms with van der Waals surface area (Å²) in [5.41, 5.74) is 1.53. The molecule has 0 unspecified atom stereocenters. The third kappa shape index (κ3) is 2.66. The Labute approximate surface area is 97.0 Å². The minimum Gasteiger partial charge on any atom is -0.459 e. The van der Waals surface area contributed by atoms with Crippen LogP contribution >= 0.6 is 0 Å². The zero-order valence-electron chi connectivity index (χ0n) is 8.97. The Hall–Kier alpha value is -2.68. The van der Waals surface area contributed by atoms with Gasteiger partial charge < -0.3 is 4.74 Å². The van der Waals surface area contributed by atoms with Crippen molar-refractivity contribution in [2.75, 3.05) is 7.11 Å². The number of rotatable bonds is 1. The van der Waals surface area contributed by atoms with Gasteiger partial charge in [0, 0.05) is 17.0 Å². The Morgan fingerprint density at radius 3 is 2.71 bits per heavy atom. The number of hydrogen-bond donors (Lipinski definition) is 1. The van der Waals surface area contributed by atoms with Crippen molar-refractivity contribution in [2.45, 2.75) is 0 Å². The van der Waals surface area contributed by atoms with E-state index < -0.39 is 5.97 Å². The predicted molar refractivity (Wildman–Crippen MR) is 58.5 cm³/mol. The van der Waals surface area contributed by atoms with Crippen molar-refractivity contribution >= 4 is 5.97 Å². The van der Waals surface area contributed by atoms with Crippen LogP contribution in [0.2, 0.25) is 0 Å². The first kappa shape index (κ1) is 10.8. The van der Waals surface area contributed by atoms with E-state index >= 15 is 0 Å². The van der Waals surface area contributed by atoms with Gasteiger partial charge in [0.2, 0.25) is 5.82 Å². The molecule has 17 heavy (non-hydrogen) atoms. The number of carbonyl (C=O) groups excluding carboxylic acids is 1. The first-order chi connectivity index (χ1) is 8.29. The number of ether oxygens (including phenoxy) is 1. The number of tetrazole rings is 1. The van der Waals surface area contributed by atoms with Crippen LogP contribution in [0.1, 0.15) is 5.56 Å². The molecular weight excluding hydrogens is 220 g/mol. The number of aromatic nitrogens is 4. The van der Waals surface area contributed by atoms with Crippen LogP contribution in [0, 0.1) is 11.8 Å². The van der Waals surface area contributed by atoms with Crippen molar-refractivity contribution in [2.24, 2.45) is 0 Å². The molecule has 0 radical (unpaired) electrons. The lowest BCUT2D eigenvalue weighted by Gasteiger charge is -1.94. The number of nitrogens with zero attached hydrogens (tertiary/aromatic N) is 3. The maximum Gasteiger partial charge on any atom is 0.384 e. The summed E-state index contributed by atoms with van der Waals surface area (Å²) in [6.45, 7) is 0. The number of carbonyl (C=O) groups is 1. The molecular formula is C11H8N4O2. The minimum atomic E-state index is -0.563. The van der Waals surface area contributed by atoms with Gasteiger partial charge in [0.05, 0.1) is 7.11 Å². The Bertz CT molecular complexity index is 564. The number of hydrogen-bond acceptors (Lipinski definition) is 5. The fraction of sp³-hybridized carbons (Fsp3) is 0.0909. The highest BCUT2D eigenvalue weighted by Crippen LogP contribution is 2.13. The second kappa shape index (κ2) is 4.90. The highest BCUT2D eigenvalue weighted by molar-refractivity contribution is 5.89. The fourth-order valence-electron chi connectivity index (χ4n) is 1.16. The molecule has 0 amide bonds. The SMILES string of the molecule is COC(=O)C#Cc1ccc(-c2nn[nH]n2)cc1. The number of esters is 1. The van der Waals surface area contributed by atoms with E-state index in [2.05, 4.69) is 37.2 Å². The van der Waals surface area contributed by atoms with Gasteiger partial charge in [-0.15, -0.1) is 10.2 Å². The van der Waals surface area contributed by atoms with E-state index in [-0.39, 0.29) is 0 Å². The van der Waals surface area contributed by atoms with Gasteiger partial charge >= 0.3 is 5.97 Å². The molecule has 6 heteroatoms. The predicted octanol–water partition coefficient (Wildman–Crippen LogP) is 0.391. The first-order valence-electron chi connectivity index (χ1n) is 4.73. The van der Waals surface area contributed by atoms with Gasteiger partial charge in [0.1, 0.15) is 0 Å². The summed E-state index contributed by atoms with van der Waals surface area (Å²) in [5, 5.41) is 13.5. The molecule has 0 saturated carbocycles. The lowest BCUT2D eigenvalue weighted by atomic mass is 10.1. The Morgan fingerprint density at radius 2 is 2.12 bits per heavy atom. The van der Waals surface area contributed by atoms with Crippen molar-refractivity contribution in [3.63, 3.8) is 0 Å². The number of aromatic amines is 1. The minimum absolute atomic E-state index is 0.512. The van der Waals surface area contributed by atoms with Crippen LogP contribution in [-0.2, 0) is 9.53 Å². The first-order valence-corrected chi connectivity index (χ1v) is 4.73. The third-order valence-corrected chi connectivity index (χ3v) is 1.98. The standard InChI is InChI=1S/C11H8N4O2/c1-17-10(16)7-4-8-2-5-9(6-3-8)11-12-14-15-13-11/h2-3,5-6H,1H3,(H,12,13,14,15). The van der Waals surface area contributed by atoms with Crippen LogP contribution < -0.4 is 0 Å². The Kier molecular flexibility index (Phi) is 3.12. The van der Waals surface area contributed by atoms with Crippen molar-refractivity contribution in [3.8, 4) is 23.2 Å². The highest BCUT2D eigenvalue weighted by atomic mass is 16.5. The second-order valence-corrected chi connectivity index (χ2v) is 3.05. The average Bonchev–Trinajstić information content (AvgIpc) is 2.90. The van der Waals surface area contributed by atoms with Crippen molar-refractivity contribution < 1.29 is 9.53 Å². The van der Waals surface area contributed by atoms with E-state index in [1.54, 1.807) is 24.3 Å². The monoisotopic (exact) mass is 228 g/mol. The van der Waals surface area contributed by atoms with Crippen LogP contribution in [0.15, 0.2) is 24.3 Å². The smallest absolute Gasteiger partial charge is 0.384 e. The third-order valence-electron chi connectivity index (χ3n) is 1.98. The summed E-state index contributed by atoms with van der Waals surface area (Å²) < 4.78 is 4.41. The van der Waals surface area contributed by atoms with E-state index in [4.69, 9.17) is 0 Å². The summed E-state index contributed by atoms with van der Waals surface area (Å²) in [4.78, 5) is 10.8. The molecule has 0 bridgehead atoms. The van der Waals surface area contributed by atoms with Crippen LogP contribution in [0.5, 0.6) is 0 Å². The lowest BCUT2D eigenvalue weighted by Crippen LogP contribution is -1.94. The normalized spacial score (nSPS) is 9.24. The molecule has 0 fully saturated rings. The number of methoxy groups -OCH3 is 1. The summed E-state index contributed by atoms with van der Waals surface area (Å²) in [5.74, 6) is 4.97. The number of benzene rings is 1. The average molecular weight is 228 g/mol. The van der Waals surface area contributed by atoms with Gasteiger partial charge in [-0.1, -0.05) is 5.92 Å². The topological polar surface area (TPSA) is 80.8 Å². The summed E-state index contributed by atoms with van der Waals surface area (Å²) in [7, 11) is 1.29. The molecule has 1 aromatic heterocycles. The molecule has 0 aliphatic rings. The fourth-order valence-corrected chi connectivity index (χ4v) is 1.16. The number of H-pyrrole nitrogens is 1. The van der Waals surface area contributed by atoms with Crippen LogP contribution in [-0.4, -0.2) is 33.7 Å². The summed E-state index contributed by atoms with van der Waals surface area (Å²) in [6, 6.07) is 7.13. The molecule has 0 atom stereocenters. The Balaban J connectivity index is 2.18. The summed E-state index contributed by atoms with van der Waals surface area (Å²) >= 11 is 0. The van der Waals surface area contributed by atoms with Crippen molar-refractivity contribution in [1.29, 1.82) is 0 Å². The lowest BCUT2D eigenvalue weighted by molar-refractivity contribution is -0.133. The number of nitrogens with one attached hydrogen (secondary N) is 1. The van der Waals surface area contributed by atoms with Gasteiger partial charge in [0.25, 0.3) is 0 Å². The molecule has 1 heterocycles. The second-order valence-electron chi connectivity index (χ2n) is 3.05. The molecule has 0 aliphatic carbocycles. The molecule has 2 aromatic rings. The molecule has 84 valence electrons. The molecule has 6 nitrogen and oxygen atoms in total. The van der Waals surface area contributed by atoms with Crippen molar-refractivity contribution in [1.82, 2.24) is 20.6 Å². The highest BCUT2D eigenvalue weighted by Gasteiger charge is 2.01. The van der Waals surface area contributed by atoms with Gasteiger partial charge in [-0.2, -0.15) is 5.21 Å². The molecule has 0 aliphatic heterocycles. The van der Waals surface area contributed by atoms with Crippen LogP contribution in [0.4, 0.5) is 0 Å². The summed E-state index contributed by atoms with van der Waals surface area (Å²) in [6.07, 6.45) is 0. The van der Waals surface area contributed by atoms with Crippen molar-refractivity contribution in [3.05, 3.63) is 29.8 Å². The van der Waals surface area contributed by atoms with Gasteiger partial charge in [-0.05, 0) is 29.5 Å². The zero-order valence-corrected chi connectivity index (χ0v) is 8.97. The quantitative estimate of drug-likeness (QED) is 0.564. The van der Waals surface area contributed by atoms with Crippen LogP contribution in [0.3, 0.4) is 0 Å². The van der Waals surface area contributed by atoms with Gasteiger partial charge in [-0.25, -0.2) is 4.79 Å². The maximum absolute atomic E-state index is 10.8. The molecule has 2 rings (SSSR count). The molecule has 0 saturated heterocycles. The molecule has 1 N–H and O–H groups in total. The zero-order chi connectivity index (χ0) is 12.1. The van der Waals surface area contributed by atoms with E-state index in [1.807, 2.05) is 0 Å². The molecule has 0 spiro atoms. The molecule has 1 aromatic carbocycles. The van der Waals surface area contributed by atoms with Gasteiger partial charge in [-0.3, -0.25) is 0 Å². The van der Waals surface area contributed by atoms with E-state index in [9.17, 15) is 4.79 Å². The largest absolute Gasteiger partial charge is 0.459 e. The van der Waals surface area contributed by atoms with Crippen LogP contribution in [0.25, 0.3) is 11.4 Å². The maximum atomic E-state index is 10.8.